The van der Waals surface area contributed by atoms with Crippen molar-refractivity contribution in [1.29, 1.82) is 0 Å². The van der Waals surface area contributed by atoms with E-state index >= 15 is 0 Å². The lowest BCUT2D eigenvalue weighted by molar-refractivity contribution is 0.647. The Kier molecular flexibility index (Phi) is 3.40. The molecule has 1 heterocycles. The molecule has 0 amide bonds. The van der Waals surface area contributed by atoms with Crippen molar-refractivity contribution in [2.75, 3.05) is 0 Å². The predicted octanol–water partition coefficient (Wildman–Crippen LogP) is 8.71. The van der Waals surface area contributed by atoms with Crippen LogP contribution in [0.15, 0.2) is 101 Å². The van der Waals surface area contributed by atoms with Crippen molar-refractivity contribution in [2.45, 2.75) is 19.3 Å². The number of rotatable bonds is 1. The highest BCUT2D eigenvalue weighted by atomic mass is 16.3. The Bertz CT molecular complexity index is 1690. The molecule has 1 heteroatoms. The van der Waals surface area contributed by atoms with E-state index < -0.39 is 0 Å². The fourth-order valence-corrected chi connectivity index (χ4v) is 5.62. The van der Waals surface area contributed by atoms with Crippen molar-refractivity contribution < 1.29 is 4.42 Å². The van der Waals surface area contributed by atoms with Gasteiger partial charge in [0.1, 0.15) is 11.2 Å². The highest BCUT2D eigenvalue weighted by molar-refractivity contribution is 6.09. The van der Waals surface area contributed by atoms with Crippen LogP contribution in [0.4, 0.5) is 0 Å². The first kappa shape index (κ1) is 17.8. The summed E-state index contributed by atoms with van der Waals surface area (Å²) in [5.41, 5.74) is 9.73. The minimum absolute atomic E-state index is 0.0206. The van der Waals surface area contributed by atoms with Crippen molar-refractivity contribution in [1.82, 2.24) is 0 Å². The monoisotopic (exact) mass is 410 g/mol. The van der Waals surface area contributed by atoms with Crippen LogP contribution in [0.2, 0.25) is 0 Å². The Morgan fingerprint density at radius 3 is 2.22 bits per heavy atom. The van der Waals surface area contributed by atoms with Gasteiger partial charge in [0.05, 0.1) is 0 Å². The van der Waals surface area contributed by atoms with E-state index in [0.717, 1.165) is 11.2 Å². The summed E-state index contributed by atoms with van der Waals surface area (Å²) in [5.74, 6) is 0. The Balaban J connectivity index is 1.47. The summed E-state index contributed by atoms with van der Waals surface area (Å²) in [7, 11) is 0. The maximum Gasteiger partial charge on any atom is 0.136 e. The van der Waals surface area contributed by atoms with E-state index in [1.54, 1.807) is 0 Å². The second-order valence-electron chi connectivity index (χ2n) is 9.40. The summed E-state index contributed by atoms with van der Waals surface area (Å²) in [6, 6.07) is 35.1. The van der Waals surface area contributed by atoms with Gasteiger partial charge in [0.25, 0.3) is 0 Å². The molecule has 1 aliphatic carbocycles. The predicted molar refractivity (Wildman–Crippen MR) is 134 cm³/mol. The third-order valence-electron chi connectivity index (χ3n) is 7.28. The van der Waals surface area contributed by atoms with Crippen LogP contribution < -0.4 is 0 Å². The van der Waals surface area contributed by atoms with Crippen molar-refractivity contribution in [2.24, 2.45) is 0 Å². The average Bonchev–Trinajstić information content (AvgIpc) is 3.29. The molecule has 0 N–H and O–H groups in total. The maximum atomic E-state index is 6.44. The van der Waals surface area contributed by atoms with E-state index in [1.807, 2.05) is 0 Å². The van der Waals surface area contributed by atoms with Crippen LogP contribution in [0, 0.1) is 0 Å². The molecule has 1 aliphatic rings. The van der Waals surface area contributed by atoms with Gasteiger partial charge in [-0.15, -0.1) is 0 Å². The topological polar surface area (TPSA) is 13.1 Å². The molecule has 1 nitrogen and oxygen atoms in total. The Labute approximate surface area is 186 Å². The van der Waals surface area contributed by atoms with Crippen molar-refractivity contribution in [3.05, 3.63) is 108 Å². The van der Waals surface area contributed by atoms with Gasteiger partial charge in [0, 0.05) is 16.2 Å². The van der Waals surface area contributed by atoms with Crippen LogP contribution in [-0.4, -0.2) is 0 Å². The van der Waals surface area contributed by atoms with E-state index in [1.165, 1.54) is 54.9 Å². The zero-order chi connectivity index (χ0) is 21.4. The lowest BCUT2D eigenvalue weighted by atomic mass is 9.82. The fraction of sp³-hybridized carbons (Fsp3) is 0.0968. The van der Waals surface area contributed by atoms with Crippen LogP contribution in [0.3, 0.4) is 0 Å². The molecule has 1 aromatic heterocycles. The average molecular weight is 411 g/mol. The lowest BCUT2D eigenvalue weighted by Crippen LogP contribution is -2.14. The molecule has 0 unspecified atom stereocenters. The zero-order valence-corrected chi connectivity index (χ0v) is 18.1. The molecule has 0 atom stereocenters. The van der Waals surface area contributed by atoms with Gasteiger partial charge in [-0.3, -0.25) is 0 Å². The van der Waals surface area contributed by atoms with Gasteiger partial charge < -0.3 is 4.42 Å². The summed E-state index contributed by atoms with van der Waals surface area (Å²) in [6.45, 7) is 4.62. The Morgan fingerprint density at radius 2 is 1.28 bits per heavy atom. The van der Waals surface area contributed by atoms with E-state index in [4.69, 9.17) is 4.42 Å². The highest BCUT2D eigenvalue weighted by Gasteiger charge is 2.35. The molecule has 7 rings (SSSR count). The molecule has 0 saturated carbocycles. The molecule has 0 aliphatic heterocycles. The van der Waals surface area contributed by atoms with Gasteiger partial charge in [0.2, 0.25) is 0 Å². The summed E-state index contributed by atoms with van der Waals surface area (Å²) >= 11 is 0. The van der Waals surface area contributed by atoms with Crippen molar-refractivity contribution >= 4 is 32.7 Å². The zero-order valence-electron chi connectivity index (χ0n) is 18.1. The first-order chi connectivity index (χ1) is 15.6. The summed E-state index contributed by atoms with van der Waals surface area (Å²) in [4.78, 5) is 0. The van der Waals surface area contributed by atoms with Crippen LogP contribution in [0.25, 0.3) is 55.0 Å². The molecule has 0 bridgehead atoms. The van der Waals surface area contributed by atoms with Crippen molar-refractivity contribution in [3.63, 3.8) is 0 Å². The van der Waals surface area contributed by atoms with Gasteiger partial charge in [-0.25, -0.2) is 0 Å². The second kappa shape index (κ2) is 6.11. The van der Waals surface area contributed by atoms with Crippen LogP contribution in [-0.2, 0) is 5.41 Å². The Morgan fingerprint density at radius 1 is 0.531 bits per heavy atom. The number of furan rings is 1. The highest BCUT2D eigenvalue weighted by Crippen LogP contribution is 2.50. The third kappa shape index (κ3) is 2.28. The fourth-order valence-electron chi connectivity index (χ4n) is 5.62. The lowest BCUT2D eigenvalue weighted by Gasteiger charge is -2.21. The van der Waals surface area contributed by atoms with Gasteiger partial charge in [-0.1, -0.05) is 86.6 Å². The van der Waals surface area contributed by atoms with Gasteiger partial charge in [-0.05, 0) is 68.4 Å². The maximum absolute atomic E-state index is 6.44. The molecular formula is C31H22O. The van der Waals surface area contributed by atoms with Gasteiger partial charge in [0.15, 0.2) is 0 Å². The largest absolute Gasteiger partial charge is 0.456 e. The molecular weight excluding hydrogens is 388 g/mol. The van der Waals surface area contributed by atoms with E-state index in [0.29, 0.717) is 0 Å². The van der Waals surface area contributed by atoms with Crippen LogP contribution in [0.1, 0.15) is 25.0 Å². The number of hydrogen-bond acceptors (Lipinski definition) is 1. The smallest absolute Gasteiger partial charge is 0.136 e. The quantitative estimate of drug-likeness (QED) is 0.264. The standard InChI is InChI=1S/C31H22O/c1-31(2)27-13-6-5-11-23(27)25-17-26-24-15-14-20(16-29(24)32-30(26)18-28(25)31)22-12-7-9-19-8-3-4-10-21(19)22/h3-18H,1-2H3. The summed E-state index contributed by atoms with van der Waals surface area (Å²) < 4.78 is 6.44. The minimum atomic E-state index is -0.0206. The molecule has 0 radical (unpaired) electrons. The molecule has 0 saturated heterocycles. The van der Waals surface area contributed by atoms with E-state index in [9.17, 15) is 0 Å². The molecule has 0 fully saturated rings. The molecule has 6 aromatic rings. The van der Waals surface area contributed by atoms with Crippen LogP contribution >= 0.6 is 0 Å². The third-order valence-corrected chi connectivity index (χ3v) is 7.28. The van der Waals surface area contributed by atoms with Gasteiger partial charge >= 0.3 is 0 Å². The number of fused-ring (bicyclic) bond motifs is 7. The summed E-state index contributed by atoms with van der Waals surface area (Å²) in [6.07, 6.45) is 0. The normalized spacial score (nSPS) is 14.2. The SMILES string of the molecule is CC1(C)c2ccccc2-c2cc3c(cc21)oc1cc(-c2cccc4ccccc24)ccc13. The minimum Gasteiger partial charge on any atom is -0.456 e. The Hall–Kier alpha value is -3.84. The van der Waals surface area contributed by atoms with Crippen LogP contribution in [0.5, 0.6) is 0 Å². The molecule has 5 aromatic carbocycles. The number of benzene rings is 5. The van der Waals surface area contributed by atoms with Crippen molar-refractivity contribution in [3.8, 4) is 22.3 Å². The molecule has 152 valence electrons. The van der Waals surface area contributed by atoms with E-state index in [2.05, 4.69) is 111 Å². The summed E-state index contributed by atoms with van der Waals surface area (Å²) in [5, 5.41) is 4.89. The number of hydrogen-bond donors (Lipinski definition) is 0. The van der Waals surface area contributed by atoms with E-state index in [-0.39, 0.29) is 5.41 Å². The molecule has 32 heavy (non-hydrogen) atoms. The first-order valence-corrected chi connectivity index (χ1v) is 11.2. The molecule has 0 spiro atoms. The second-order valence-corrected chi connectivity index (χ2v) is 9.40. The van der Waals surface area contributed by atoms with Gasteiger partial charge in [-0.2, -0.15) is 0 Å². The first-order valence-electron chi connectivity index (χ1n) is 11.2.